The number of Topliss-reactive ketones (excluding diaryl/α,β-unsaturated/α-hetero) is 1. The first-order chi connectivity index (χ1) is 8.70. The van der Waals surface area contributed by atoms with E-state index in [1.54, 1.807) is 0 Å². The van der Waals surface area contributed by atoms with Gasteiger partial charge in [0.15, 0.2) is 5.78 Å². The molecule has 18 heavy (non-hydrogen) atoms. The van der Waals surface area contributed by atoms with Gasteiger partial charge in [-0.25, -0.2) is 0 Å². The van der Waals surface area contributed by atoms with E-state index < -0.39 is 0 Å². The normalized spacial score (nSPS) is 13.9. The summed E-state index contributed by atoms with van der Waals surface area (Å²) in [6.07, 6.45) is 0. The second-order valence-corrected chi connectivity index (χ2v) is 5.78. The van der Waals surface area contributed by atoms with Crippen molar-refractivity contribution in [2.75, 3.05) is 0 Å². The van der Waals surface area contributed by atoms with Crippen molar-refractivity contribution in [1.82, 2.24) is 0 Å². The van der Waals surface area contributed by atoms with E-state index in [1.165, 1.54) is 0 Å². The van der Waals surface area contributed by atoms with E-state index in [9.17, 15) is 4.79 Å². The molecule has 2 aromatic carbocycles. The average molecular weight is 368 g/mol. The minimum absolute atomic E-state index is 0.104. The third kappa shape index (κ3) is 3.09. The topological polar surface area (TPSA) is 17.1 Å². The highest BCUT2D eigenvalue weighted by Crippen LogP contribution is 2.34. The van der Waals surface area contributed by atoms with Crippen LogP contribution in [0.3, 0.4) is 0 Å². The molecule has 0 aliphatic carbocycles. The van der Waals surface area contributed by atoms with Crippen LogP contribution < -0.4 is 0 Å². The van der Waals surface area contributed by atoms with Crippen LogP contribution >= 0.6 is 31.9 Å². The summed E-state index contributed by atoms with van der Waals surface area (Å²) in [5, 5.41) is 0. The zero-order chi connectivity index (χ0) is 13.0. The summed E-state index contributed by atoms with van der Waals surface area (Å²) < 4.78 is 0. The van der Waals surface area contributed by atoms with Gasteiger partial charge < -0.3 is 0 Å². The van der Waals surface area contributed by atoms with Gasteiger partial charge in [-0.05, 0) is 11.1 Å². The molecule has 3 heteroatoms. The molecule has 0 spiro atoms. The molecule has 0 aliphatic heterocycles. The zero-order valence-electron chi connectivity index (χ0n) is 9.59. The van der Waals surface area contributed by atoms with Gasteiger partial charge in [-0.1, -0.05) is 92.5 Å². The minimum Gasteiger partial charge on any atom is -0.296 e. The molecule has 2 rings (SSSR count). The first-order valence-electron chi connectivity index (χ1n) is 5.62. The minimum atomic E-state index is -0.289. The van der Waals surface area contributed by atoms with E-state index >= 15 is 0 Å². The molecule has 0 N–H and O–H groups in total. The van der Waals surface area contributed by atoms with Crippen molar-refractivity contribution in [3.05, 3.63) is 71.8 Å². The van der Waals surface area contributed by atoms with E-state index in [-0.39, 0.29) is 15.4 Å². The molecule has 0 fully saturated rings. The van der Waals surface area contributed by atoms with Crippen molar-refractivity contribution in [2.45, 2.75) is 9.65 Å². The highest BCUT2D eigenvalue weighted by atomic mass is 79.9. The summed E-state index contributed by atoms with van der Waals surface area (Å²) in [4.78, 5) is 11.8. The molecule has 2 atom stereocenters. The average Bonchev–Trinajstić information content (AvgIpc) is 2.47. The molecule has 92 valence electrons. The second kappa shape index (κ2) is 6.30. The maximum atomic E-state index is 12.4. The Morgan fingerprint density at radius 3 is 1.39 bits per heavy atom. The summed E-state index contributed by atoms with van der Waals surface area (Å²) in [6, 6.07) is 19.4. The Morgan fingerprint density at radius 2 is 1.06 bits per heavy atom. The van der Waals surface area contributed by atoms with Crippen LogP contribution in [0.25, 0.3) is 0 Å². The summed E-state index contributed by atoms with van der Waals surface area (Å²) >= 11 is 6.94. The number of alkyl halides is 2. The highest BCUT2D eigenvalue weighted by molar-refractivity contribution is 9.10. The quantitative estimate of drug-likeness (QED) is 0.707. The van der Waals surface area contributed by atoms with Crippen LogP contribution in [0.15, 0.2) is 60.7 Å². The zero-order valence-corrected chi connectivity index (χ0v) is 12.8. The number of rotatable bonds is 4. The predicted octanol–water partition coefficient (Wildman–Crippen LogP) is 4.83. The monoisotopic (exact) mass is 366 g/mol. The van der Waals surface area contributed by atoms with Crippen molar-refractivity contribution >= 4 is 37.6 Å². The Kier molecular flexibility index (Phi) is 4.72. The molecule has 2 aromatic rings. The second-order valence-electron chi connectivity index (χ2n) is 3.95. The molecule has 1 nitrogen and oxygen atoms in total. The molecule has 0 bridgehead atoms. The van der Waals surface area contributed by atoms with Crippen LogP contribution in [0.4, 0.5) is 0 Å². The van der Waals surface area contributed by atoms with Crippen LogP contribution in [-0.2, 0) is 4.79 Å². The first-order valence-corrected chi connectivity index (χ1v) is 7.45. The maximum absolute atomic E-state index is 12.4. The van der Waals surface area contributed by atoms with Crippen LogP contribution in [0.2, 0.25) is 0 Å². The molecule has 0 heterocycles. The molecule has 0 saturated carbocycles. The molecule has 0 aliphatic rings. The van der Waals surface area contributed by atoms with E-state index in [0.29, 0.717) is 0 Å². The van der Waals surface area contributed by atoms with Crippen molar-refractivity contribution < 1.29 is 4.79 Å². The SMILES string of the molecule is O=C(C(Br)c1ccccc1)C(Br)c1ccccc1. The van der Waals surface area contributed by atoms with Crippen LogP contribution in [0.5, 0.6) is 0 Å². The number of hydrogen-bond donors (Lipinski definition) is 0. The molecule has 0 aromatic heterocycles. The van der Waals surface area contributed by atoms with Crippen LogP contribution in [0, 0.1) is 0 Å². The van der Waals surface area contributed by atoms with Crippen molar-refractivity contribution in [1.29, 1.82) is 0 Å². The Hall–Kier alpha value is -0.930. The fourth-order valence-electron chi connectivity index (χ4n) is 1.70. The van der Waals surface area contributed by atoms with E-state index in [2.05, 4.69) is 31.9 Å². The Labute approximate surface area is 123 Å². The fraction of sp³-hybridized carbons (Fsp3) is 0.133. The fourth-order valence-corrected chi connectivity index (χ4v) is 3.19. The van der Waals surface area contributed by atoms with E-state index in [4.69, 9.17) is 0 Å². The first kappa shape index (κ1) is 13.5. The molecule has 0 amide bonds. The van der Waals surface area contributed by atoms with Gasteiger partial charge >= 0.3 is 0 Å². The van der Waals surface area contributed by atoms with Gasteiger partial charge in [0.2, 0.25) is 0 Å². The summed E-state index contributed by atoms with van der Waals surface area (Å²) in [7, 11) is 0. The van der Waals surface area contributed by atoms with E-state index in [0.717, 1.165) is 11.1 Å². The highest BCUT2D eigenvalue weighted by Gasteiger charge is 2.25. The van der Waals surface area contributed by atoms with Gasteiger partial charge in [-0.2, -0.15) is 0 Å². The third-order valence-electron chi connectivity index (χ3n) is 2.68. The van der Waals surface area contributed by atoms with Crippen LogP contribution in [-0.4, -0.2) is 5.78 Å². The molecule has 2 unspecified atom stereocenters. The van der Waals surface area contributed by atoms with Gasteiger partial charge in [0.05, 0.1) is 9.65 Å². The number of benzene rings is 2. The lowest BCUT2D eigenvalue weighted by molar-refractivity contribution is -0.118. The smallest absolute Gasteiger partial charge is 0.168 e. The standard InChI is InChI=1S/C15H12Br2O/c16-13(11-7-3-1-4-8-11)15(18)14(17)12-9-5-2-6-10-12/h1-10,13-14H. The van der Waals surface area contributed by atoms with Gasteiger partial charge in [0.1, 0.15) is 0 Å². The van der Waals surface area contributed by atoms with Crippen molar-refractivity contribution in [3.8, 4) is 0 Å². The van der Waals surface area contributed by atoms with Crippen molar-refractivity contribution in [3.63, 3.8) is 0 Å². The number of carbonyl (C=O) groups is 1. The molecular formula is C15H12Br2O. The number of halogens is 2. The molecule has 0 saturated heterocycles. The maximum Gasteiger partial charge on any atom is 0.168 e. The van der Waals surface area contributed by atoms with Crippen molar-refractivity contribution in [2.24, 2.45) is 0 Å². The molecule has 0 radical (unpaired) electrons. The van der Waals surface area contributed by atoms with Gasteiger partial charge in [-0.15, -0.1) is 0 Å². The van der Waals surface area contributed by atoms with Crippen LogP contribution in [0.1, 0.15) is 20.8 Å². The summed E-state index contributed by atoms with van der Waals surface area (Å²) in [5.74, 6) is 0.104. The Bertz CT molecular complexity index is 463. The number of hydrogen-bond acceptors (Lipinski definition) is 1. The summed E-state index contributed by atoms with van der Waals surface area (Å²) in [6.45, 7) is 0. The number of ketones is 1. The third-order valence-corrected chi connectivity index (χ3v) is 4.64. The molecular weight excluding hydrogens is 356 g/mol. The lowest BCUT2D eigenvalue weighted by atomic mass is 10.0. The largest absolute Gasteiger partial charge is 0.296 e. The van der Waals surface area contributed by atoms with Gasteiger partial charge in [0, 0.05) is 0 Å². The Balaban J connectivity index is 2.17. The van der Waals surface area contributed by atoms with E-state index in [1.807, 2.05) is 60.7 Å². The van der Waals surface area contributed by atoms with Gasteiger partial charge in [-0.3, -0.25) is 4.79 Å². The van der Waals surface area contributed by atoms with Gasteiger partial charge in [0.25, 0.3) is 0 Å². The number of carbonyl (C=O) groups excluding carboxylic acids is 1. The lowest BCUT2D eigenvalue weighted by Gasteiger charge is -2.14. The Morgan fingerprint density at radius 1 is 0.722 bits per heavy atom. The summed E-state index contributed by atoms with van der Waals surface area (Å²) in [5.41, 5.74) is 1.95. The lowest BCUT2D eigenvalue weighted by Crippen LogP contribution is -2.12. The predicted molar refractivity (Wildman–Crippen MR) is 81.2 cm³/mol.